The maximum absolute atomic E-state index is 10.3. The average Bonchev–Trinajstić information content (AvgIpc) is 2.59. The van der Waals surface area contributed by atoms with Crippen LogP contribution in [0.5, 0.6) is 0 Å². The van der Waals surface area contributed by atoms with Gasteiger partial charge < -0.3 is 14.6 Å². The molecule has 1 fully saturated rings. The van der Waals surface area contributed by atoms with Crippen molar-refractivity contribution in [1.82, 2.24) is 4.98 Å². The van der Waals surface area contributed by atoms with Crippen molar-refractivity contribution in [3.05, 3.63) is 16.1 Å². The second-order valence-corrected chi connectivity index (χ2v) is 5.52. The summed E-state index contributed by atoms with van der Waals surface area (Å²) in [5.41, 5.74) is -1.09. The molecule has 5 heteroatoms. The highest BCUT2D eigenvalue weighted by molar-refractivity contribution is 7.11. The van der Waals surface area contributed by atoms with Crippen molar-refractivity contribution >= 4 is 11.3 Å². The Bertz CT molecular complexity index is 351. The van der Waals surface area contributed by atoms with Crippen molar-refractivity contribution in [2.45, 2.75) is 32.2 Å². The molecule has 0 unspecified atom stereocenters. The highest BCUT2D eigenvalue weighted by atomic mass is 32.1. The molecule has 1 aliphatic heterocycles. The molecule has 1 saturated heterocycles. The normalized spacial score (nSPS) is 24.0. The van der Waals surface area contributed by atoms with Gasteiger partial charge in [-0.15, -0.1) is 11.3 Å². The first kappa shape index (κ1) is 11.0. The SMILES string of the molecule is Cc1cnc(C2(O)COC(C)(C)OC2)s1. The molecule has 0 spiro atoms. The fraction of sp³-hybridized carbons (Fsp3) is 0.700. The molecule has 0 aliphatic carbocycles. The van der Waals surface area contributed by atoms with Crippen LogP contribution in [0.15, 0.2) is 6.20 Å². The molecule has 2 rings (SSSR count). The van der Waals surface area contributed by atoms with Gasteiger partial charge >= 0.3 is 0 Å². The maximum Gasteiger partial charge on any atom is 0.163 e. The second kappa shape index (κ2) is 3.52. The highest BCUT2D eigenvalue weighted by Crippen LogP contribution is 2.32. The summed E-state index contributed by atoms with van der Waals surface area (Å²) in [7, 11) is 0. The number of hydrogen-bond donors (Lipinski definition) is 1. The van der Waals surface area contributed by atoms with Crippen LogP contribution in [-0.2, 0) is 15.1 Å². The molecule has 4 nitrogen and oxygen atoms in total. The van der Waals surface area contributed by atoms with Gasteiger partial charge in [0.25, 0.3) is 0 Å². The van der Waals surface area contributed by atoms with Crippen LogP contribution in [0.2, 0.25) is 0 Å². The topological polar surface area (TPSA) is 51.6 Å². The van der Waals surface area contributed by atoms with E-state index >= 15 is 0 Å². The third-order valence-corrected chi connectivity index (χ3v) is 3.44. The van der Waals surface area contributed by atoms with Gasteiger partial charge in [0.05, 0.1) is 13.2 Å². The van der Waals surface area contributed by atoms with Crippen LogP contribution < -0.4 is 0 Å². The lowest BCUT2D eigenvalue weighted by molar-refractivity contribution is -0.304. The van der Waals surface area contributed by atoms with Crippen molar-refractivity contribution in [2.24, 2.45) is 0 Å². The largest absolute Gasteiger partial charge is 0.378 e. The molecule has 0 saturated carbocycles. The van der Waals surface area contributed by atoms with Crippen LogP contribution >= 0.6 is 11.3 Å². The molecule has 1 N–H and O–H groups in total. The number of aliphatic hydroxyl groups is 1. The van der Waals surface area contributed by atoms with E-state index in [1.807, 2.05) is 20.8 Å². The Morgan fingerprint density at radius 3 is 2.47 bits per heavy atom. The standard InChI is InChI=1S/C10H15NO3S/c1-7-4-11-8(15-7)10(12)5-13-9(2,3)14-6-10/h4,12H,5-6H2,1-3H3. The van der Waals surface area contributed by atoms with Gasteiger partial charge in [0, 0.05) is 11.1 Å². The van der Waals surface area contributed by atoms with Gasteiger partial charge in [0.2, 0.25) is 0 Å². The lowest BCUT2D eigenvalue weighted by atomic mass is 10.1. The number of aromatic nitrogens is 1. The summed E-state index contributed by atoms with van der Waals surface area (Å²) in [5.74, 6) is -0.613. The van der Waals surface area contributed by atoms with Crippen molar-refractivity contribution in [3.8, 4) is 0 Å². The van der Waals surface area contributed by atoms with E-state index in [4.69, 9.17) is 9.47 Å². The third kappa shape index (κ3) is 2.20. The van der Waals surface area contributed by atoms with E-state index in [9.17, 15) is 5.11 Å². The van der Waals surface area contributed by atoms with E-state index in [1.165, 1.54) is 11.3 Å². The van der Waals surface area contributed by atoms with Crippen LogP contribution in [0.1, 0.15) is 23.7 Å². The molecule has 84 valence electrons. The molecule has 1 aromatic heterocycles. The monoisotopic (exact) mass is 229 g/mol. The third-order valence-electron chi connectivity index (χ3n) is 2.34. The molecule has 0 amide bonds. The highest BCUT2D eigenvalue weighted by Gasteiger charge is 2.41. The zero-order valence-electron chi connectivity index (χ0n) is 9.11. The molecule has 1 aliphatic rings. The fourth-order valence-corrected chi connectivity index (χ4v) is 2.19. The summed E-state index contributed by atoms with van der Waals surface area (Å²) < 4.78 is 10.9. The number of hydrogen-bond acceptors (Lipinski definition) is 5. The van der Waals surface area contributed by atoms with Crippen LogP contribution in [0, 0.1) is 6.92 Å². The number of aryl methyl sites for hydroxylation is 1. The lowest BCUT2D eigenvalue weighted by Gasteiger charge is -2.39. The van der Waals surface area contributed by atoms with Crippen LogP contribution in [0.25, 0.3) is 0 Å². The van der Waals surface area contributed by atoms with Crippen molar-refractivity contribution in [1.29, 1.82) is 0 Å². The van der Waals surface area contributed by atoms with E-state index in [2.05, 4.69) is 4.98 Å². The minimum Gasteiger partial charge on any atom is -0.378 e. The summed E-state index contributed by atoms with van der Waals surface area (Å²) in [4.78, 5) is 5.24. The first-order valence-corrected chi connectivity index (χ1v) is 5.66. The summed E-state index contributed by atoms with van der Waals surface area (Å²) in [5, 5.41) is 10.9. The predicted molar refractivity (Wildman–Crippen MR) is 56.7 cm³/mol. The Kier molecular flexibility index (Phi) is 2.58. The predicted octanol–water partition coefficient (Wildman–Crippen LogP) is 1.42. The van der Waals surface area contributed by atoms with Crippen molar-refractivity contribution in [2.75, 3.05) is 13.2 Å². The quantitative estimate of drug-likeness (QED) is 0.791. The molecule has 2 heterocycles. The van der Waals surface area contributed by atoms with Crippen LogP contribution in [0.3, 0.4) is 0 Å². The first-order valence-electron chi connectivity index (χ1n) is 4.85. The molecule has 0 radical (unpaired) electrons. The van der Waals surface area contributed by atoms with Gasteiger partial charge in [0.15, 0.2) is 11.4 Å². The second-order valence-electron chi connectivity index (χ2n) is 4.28. The minimum absolute atomic E-state index is 0.229. The zero-order valence-corrected chi connectivity index (χ0v) is 9.93. The number of thiazole rings is 1. The summed E-state index contributed by atoms with van der Waals surface area (Å²) in [6.45, 7) is 6.08. The van der Waals surface area contributed by atoms with E-state index in [-0.39, 0.29) is 13.2 Å². The fourth-order valence-electron chi connectivity index (χ4n) is 1.36. The first-order chi connectivity index (χ1) is 6.91. The number of nitrogens with zero attached hydrogens (tertiary/aromatic N) is 1. The summed E-state index contributed by atoms with van der Waals surface area (Å²) in [6, 6.07) is 0. The van der Waals surface area contributed by atoms with Gasteiger partial charge in [-0.2, -0.15) is 0 Å². The van der Waals surface area contributed by atoms with Crippen molar-refractivity contribution in [3.63, 3.8) is 0 Å². The maximum atomic E-state index is 10.3. The van der Waals surface area contributed by atoms with Crippen LogP contribution in [0.4, 0.5) is 0 Å². The molecular formula is C10H15NO3S. The average molecular weight is 229 g/mol. The van der Waals surface area contributed by atoms with Gasteiger partial charge in [-0.25, -0.2) is 4.98 Å². The smallest absolute Gasteiger partial charge is 0.163 e. The molecule has 0 bridgehead atoms. The Morgan fingerprint density at radius 2 is 2.00 bits per heavy atom. The summed E-state index contributed by atoms with van der Waals surface area (Å²) in [6.07, 6.45) is 1.75. The Hall–Kier alpha value is -0.490. The van der Waals surface area contributed by atoms with Gasteiger partial charge in [-0.05, 0) is 20.8 Å². The minimum atomic E-state index is -1.09. The van der Waals surface area contributed by atoms with Gasteiger partial charge in [-0.1, -0.05) is 0 Å². The van der Waals surface area contributed by atoms with Crippen molar-refractivity contribution < 1.29 is 14.6 Å². The molecule has 1 aromatic rings. The Balaban J connectivity index is 2.16. The van der Waals surface area contributed by atoms with E-state index in [0.29, 0.717) is 5.01 Å². The van der Waals surface area contributed by atoms with Gasteiger partial charge in [-0.3, -0.25) is 0 Å². The molecule has 0 atom stereocenters. The molecule has 0 aromatic carbocycles. The van der Waals surface area contributed by atoms with Crippen LogP contribution in [-0.4, -0.2) is 29.1 Å². The van der Waals surface area contributed by atoms with E-state index in [0.717, 1.165) is 4.88 Å². The Labute approximate surface area is 92.9 Å². The van der Waals surface area contributed by atoms with E-state index in [1.54, 1.807) is 6.20 Å². The van der Waals surface area contributed by atoms with Gasteiger partial charge in [0.1, 0.15) is 5.01 Å². The van der Waals surface area contributed by atoms with E-state index < -0.39 is 11.4 Å². The zero-order chi connectivity index (χ0) is 11.1. The molecular weight excluding hydrogens is 214 g/mol. The number of rotatable bonds is 1. The lowest BCUT2D eigenvalue weighted by Crippen LogP contribution is -2.49. The number of ether oxygens (including phenoxy) is 2. The molecule has 15 heavy (non-hydrogen) atoms. The Morgan fingerprint density at radius 1 is 1.40 bits per heavy atom. The summed E-state index contributed by atoms with van der Waals surface area (Å²) >= 11 is 1.47.